The van der Waals surface area contributed by atoms with E-state index in [-0.39, 0.29) is 0 Å². The third-order valence-electron chi connectivity index (χ3n) is 3.62. The van der Waals surface area contributed by atoms with Crippen LogP contribution in [0.1, 0.15) is 19.8 Å². The second-order valence-corrected chi connectivity index (χ2v) is 5.95. The summed E-state index contributed by atoms with van der Waals surface area (Å²) in [6, 6.07) is 15.2. The van der Waals surface area contributed by atoms with Crippen molar-refractivity contribution in [2.45, 2.75) is 24.7 Å². The molecule has 0 aliphatic rings. The van der Waals surface area contributed by atoms with Gasteiger partial charge < -0.3 is 4.74 Å². The predicted molar refractivity (Wildman–Crippen MR) is 90.1 cm³/mol. The molecule has 0 spiro atoms. The minimum atomic E-state index is -0.395. The second kappa shape index (κ2) is 6.77. The first kappa shape index (κ1) is 15.5. The van der Waals surface area contributed by atoms with Crippen molar-refractivity contribution in [3.05, 3.63) is 48.3 Å². The molecule has 114 valence electrons. The predicted octanol–water partition coefficient (Wildman–Crippen LogP) is 5.44. The van der Waals surface area contributed by atoms with Crippen LogP contribution in [-0.4, -0.2) is 6.61 Å². The molecular formula is C19H14FNOS. The summed E-state index contributed by atoms with van der Waals surface area (Å²) < 4.78 is 19.8. The van der Waals surface area contributed by atoms with Crippen LogP contribution in [0.2, 0.25) is 0 Å². The first-order chi connectivity index (χ1) is 11.2. The third-order valence-corrected chi connectivity index (χ3v) is 4.30. The molecule has 4 aromatic rings. The number of ether oxygens (including phenoxy) is 1. The van der Waals surface area contributed by atoms with Crippen molar-refractivity contribution in [2.24, 2.45) is 0 Å². The fraction of sp³-hybridized carbons (Fsp3) is 0.211. The van der Waals surface area contributed by atoms with Crippen LogP contribution in [0.25, 0.3) is 21.9 Å². The van der Waals surface area contributed by atoms with Gasteiger partial charge in [0.2, 0.25) is 0 Å². The lowest BCUT2D eigenvalue weighted by molar-refractivity contribution is 0.309. The van der Waals surface area contributed by atoms with Gasteiger partial charge in [-0.25, -0.2) is 4.39 Å². The number of hydrogen-bond acceptors (Lipinski definition) is 3. The number of fused-ring (bicyclic) bond motifs is 2. The number of thioether (sulfide) groups is 1. The summed E-state index contributed by atoms with van der Waals surface area (Å²) >= 11 is 0.823. The number of unbranched alkanes of at least 4 members (excludes halogenated alkanes) is 1. The Bertz CT molecular complexity index is 839. The topological polar surface area (TPSA) is 33.0 Å². The molecule has 0 heterocycles. The number of nitriles is 1. The molecule has 4 heteroatoms. The van der Waals surface area contributed by atoms with Crippen molar-refractivity contribution in [2.75, 3.05) is 6.61 Å². The number of hydrogen-bond donors (Lipinski definition) is 0. The Hall–Kier alpha value is -2.43. The lowest BCUT2D eigenvalue weighted by Crippen LogP contribution is -1.96. The highest BCUT2D eigenvalue weighted by molar-refractivity contribution is 8.04. The van der Waals surface area contributed by atoms with Gasteiger partial charge in [-0.05, 0) is 47.5 Å². The zero-order valence-electron chi connectivity index (χ0n) is 12.6. The van der Waals surface area contributed by atoms with Crippen LogP contribution >= 0.6 is 11.8 Å². The maximum atomic E-state index is 14.1. The number of rotatable bonds is 6. The Balaban J connectivity index is 1.93. The van der Waals surface area contributed by atoms with Gasteiger partial charge in [0.1, 0.15) is 11.2 Å². The summed E-state index contributed by atoms with van der Waals surface area (Å²) in [6.45, 7) is 2.83. The normalized spacial score (nSPS) is 10.5. The molecule has 0 fully saturated rings. The van der Waals surface area contributed by atoms with Crippen LogP contribution in [0.15, 0.2) is 35.2 Å². The van der Waals surface area contributed by atoms with E-state index in [0.717, 1.165) is 41.5 Å². The molecule has 4 rings (SSSR count). The summed E-state index contributed by atoms with van der Waals surface area (Å²) in [5.74, 6) is 0.425. The molecule has 0 saturated carbocycles. The van der Waals surface area contributed by atoms with Crippen LogP contribution in [-0.2, 0) is 0 Å². The molecule has 0 amide bonds. The molecule has 0 N–H and O–H groups in total. The van der Waals surface area contributed by atoms with Gasteiger partial charge in [-0.15, -0.1) is 0 Å². The van der Waals surface area contributed by atoms with Crippen LogP contribution in [0.4, 0.5) is 4.39 Å². The molecular weight excluding hydrogens is 309 g/mol. The second-order valence-electron chi connectivity index (χ2n) is 5.16. The monoisotopic (exact) mass is 323 g/mol. The Morgan fingerprint density at radius 1 is 1.26 bits per heavy atom. The van der Waals surface area contributed by atoms with E-state index in [1.807, 2.05) is 29.7 Å². The molecule has 0 aliphatic heterocycles. The van der Waals surface area contributed by atoms with E-state index in [1.165, 1.54) is 0 Å². The van der Waals surface area contributed by atoms with Crippen molar-refractivity contribution in [3.63, 3.8) is 0 Å². The van der Waals surface area contributed by atoms with Crippen LogP contribution in [0, 0.1) is 28.6 Å². The van der Waals surface area contributed by atoms with Gasteiger partial charge in [-0.3, -0.25) is 0 Å². The van der Waals surface area contributed by atoms with Crippen molar-refractivity contribution in [1.82, 2.24) is 0 Å². The Morgan fingerprint density at radius 2 is 2.04 bits per heavy atom. The van der Waals surface area contributed by atoms with E-state index >= 15 is 0 Å². The fourth-order valence-electron chi connectivity index (χ4n) is 2.41. The number of benzene rings is 2. The van der Waals surface area contributed by atoms with E-state index in [2.05, 4.69) is 19.1 Å². The lowest BCUT2D eigenvalue weighted by atomic mass is 9.98. The van der Waals surface area contributed by atoms with E-state index in [9.17, 15) is 4.39 Å². The largest absolute Gasteiger partial charge is 0.494 e. The van der Waals surface area contributed by atoms with E-state index in [1.54, 1.807) is 6.07 Å². The molecule has 4 aromatic carbocycles. The number of halogens is 1. The van der Waals surface area contributed by atoms with Gasteiger partial charge in [0.05, 0.1) is 22.3 Å². The lowest BCUT2D eigenvalue weighted by Gasteiger charge is -2.11. The minimum Gasteiger partial charge on any atom is -0.494 e. The minimum absolute atomic E-state index is 0.321. The molecule has 0 unspecified atom stereocenters. The maximum absolute atomic E-state index is 14.1. The summed E-state index contributed by atoms with van der Waals surface area (Å²) in [5, 5.41) is 11.7. The zero-order chi connectivity index (χ0) is 16.2. The average molecular weight is 323 g/mol. The van der Waals surface area contributed by atoms with Gasteiger partial charge in [0, 0.05) is 0 Å². The molecule has 23 heavy (non-hydrogen) atoms. The molecule has 2 bridgehead atoms. The summed E-state index contributed by atoms with van der Waals surface area (Å²) in [6.07, 6.45) is 2.12. The maximum Gasteiger partial charge on any atom is 0.154 e. The fourth-order valence-corrected chi connectivity index (χ4v) is 2.97. The van der Waals surface area contributed by atoms with Crippen molar-refractivity contribution < 1.29 is 9.13 Å². The van der Waals surface area contributed by atoms with E-state index in [4.69, 9.17) is 10.00 Å². The van der Waals surface area contributed by atoms with Gasteiger partial charge in [-0.2, -0.15) is 5.26 Å². The standard InChI is InChI=1S/C19H14FNOS/c1-2-3-10-22-15-7-4-13(5-8-15)17-11-14-6-9-16(17)19(18(14)20)23-12-21/h4-5,7-8,11H,2-3,10H2,1H3. The first-order valence-electron chi connectivity index (χ1n) is 7.42. The Kier molecular flexibility index (Phi) is 4.55. The van der Waals surface area contributed by atoms with Crippen molar-refractivity contribution in [3.8, 4) is 22.3 Å². The summed E-state index contributed by atoms with van der Waals surface area (Å²) in [4.78, 5) is 0.321. The van der Waals surface area contributed by atoms with Gasteiger partial charge in [-0.1, -0.05) is 37.6 Å². The summed E-state index contributed by atoms with van der Waals surface area (Å²) in [7, 11) is 0. The smallest absolute Gasteiger partial charge is 0.154 e. The number of thiocyanates is 1. The quantitative estimate of drug-likeness (QED) is 0.344. The molecule has 0 aliphatic carbocycles. The van der Waals surface area contributed by atoms with Crippen LogP contribution < -0.4 is 4.74 Å². The SMILES string of the molecule is CCCCOc1ccc(-c2cc3c#cc2c(SC#N)c3F)cc1. The van der Waals surface area contributed by atoms with Crippen LogP contribution in [0.5, 0.6) is 5.75 Å². The average Bonchev–Trinajstić information content (AvgIpc) is 2.59. The number of nitrogens with zero attached hydrogens (tertiary/aromatic N) is 1. The van der Waals surface area contributed by atoms with Gasteiger partial charge in [0.15, 0.2) is 5.82 Å². The highest BCUT2D eigenvalue weighted by Gasteiger charge is 2.16. The Morgan fingerprint density at radius 3 is 2.74 bits per heavy atom. The molecule has 2 nitrogen and oxygen atoms in total. The zero-order valence-corrected chi connectivity index (χ0v) is 13.5. The van der Waals surface area contributed by atoms with Gasteiger partial charge in [0.25, 0.3) is 0 Å². The molecule has 0 saturated heterocycles. The van der Waals surface area contributed by atoms with E-state index in [0.29, 0.717) is 22.3 Å². The van der Waals surface area contributed by atoms with Crippen molar-refractivity contribution in [1.29, 1.82) is 5.26 Å². The van der Waals surface area contributed by atoms with Crippen LogP contribution in [0.3, 0.4) is 0 Å². The molecule has 0 aromatic heterocycles. The highest BCUT2D eigenvalue weighted by atomic mass is 32.2. The first-order valence-corrected chi connectivity index (χ1v) is 8.24. The Labute approximate surface area is 139 Å². The molecule has 0 atom stereocenters. The van der Waals surface area contributed by atoms with Gasteiger partial charge >= 0.3 is 0 Å². The van der Waals surface area contributed by atoms with Crippen molar-refractivity contribution >= 4 is 22.5 Å². The third kappa shape index (κ3) is 3.04. The van der Waals surface area contributed by atoms with E-state index < -0.39 is 5.82 Å². The molecule has 0 radical (unpaired) electrons. The summed E-state index contributed by atoms with van der Waals surface area (Å²) in [5.41, 5.74) is 1.80. The highest BCUT2D eigenvalue weighted by Crippen LogP contribution is 2.37.